The minimum absolute atomic E-state index is 0.780. The van der Waals surface area contributed by atoms with E-state index in [0.29, 0.717) is 0 Å². The van der Waals surface area contributed by atoms with E-state index in [4.69, 9.17) is 11.6 Å². The number of hydrogen-bond acceptors (Lipinski definition) is 3. The molecule has 1 aliphatic heterocycles. The Hall–Kier alpha value is -0.770. The zero-order chi connectivity index (χ0) is 23.4. The predicted molar refractivity (Wildman–Crippen MR) is 144 cm³/mol. The first kappa shape index (κ1) is 31.4. The maximum Gasteiger partial charge on any atom is 0.0276 e. The van der Waals surface area contributed by atoms with Crippen LogP contribution in [-0.2, 0) is 0 Å². The molecule has 1 rings (SSSR count). The molecule has 0 radical (unpaired) electrons. The lowest BCUT2D eigenvalue weighted by Crippen LogP contribution is -2.30. The number of unbranched alkanes of at least 4 members (excludes halogenated alkanes) is 2. The van der Waals surface area contributed by atoms with Crippen molar-refractivity contribution in [3.05, 3.63) is 45.9 Å². The molecule has 0 bridgehead atoms. The number of aliphatic imine (C=N–C) groups is 1. The molecular weight excluding hydrogens is 408 g/mol. The number of nitrogens with zero attached hydrogens (tertiary/aromatic N) is 2. The SMILES string of the molecule is C=C(C)CCCCC.CC.CN=C(C)CCCN1CC=C(/C(S)=C/C=C(\C)Cl)CC1. The van der Waals surface area contributed by atoms with Crippen molar-refractivity contribution in [3.8, 4) is 0 Å². The zero-order valence-corrected chi connectivity index (χ0v) is 22.4. The van der Waals surface area contributed by atoms with Gasteiger partial charge < -0.3 is 0 Å². The van der Waals surface area contributed by atoms with Crippen LogP contribution in [0.1, 0.15) is 86.5 Å². The van der Waals surface area contributed by atoms with Crippen LogP contribution in [0.25, 0.3) is 0 Å². The average molecular weight is 455 g/mol. The van der Waals surface area contributed by atoms with Crippen LogP contribution in [0.4, 0.5) is 0 Å². The molecule has 0 amide bonds. The Labute approximate surface area is 198 Å². The summed E-state index contributed by atoms with van der Waals surface area (Å²) in [7, 11) is 1.86. The number of halogens is 1. The van der Waals surface area contributed by atoms with E-state index in [9.17, 15) is 0 Å². The molecule has 0 saturated heterocycles. The maximum absolute atomic E-state index is 5.82. The minimum Gasteiger partial charge on any atom is -0.299 e. The summed E-state index contributed by atoms with van der Waals surface area (Å²) in [5, 5.41) is 0.780. The van der Waals surface area contributed by atoms with Crippen LogP contribution in [0, 0.1) is 0 Å². The molecule has 0 N–H and O–H groups in total. The quantitative estimate of drug-likeness (QED) is 0.115. The highest BCUT2D eigenvalue weighted by Crippen LogP contribution is 2.22. The third-order valence-electron chi connectivity index (χ3n) is 4.69. The van der Waals surface area contributed by atoms with E-state index in [1.165, 1.54) is 49.0 Å². The molecular formula is C26H47ClN2S. The fraction of sp³-hybridized carbons (Fsp3) is 0.654. The van der Waals surface area contributed by atoms with E-state index < -0.39 is 0 Å². The van der Waals surface area contributed by atoms with Gasteiger partial charge in [0.2, 0.25) is 0 Å². The molecule has 174 valence electrons. The van der Waals surface area contributed by atoms with Crippen molar-refractivity contribution < 1.29 is 0 Å². The van der Waals surface area contributed by atoms with Crippen LogP contribution < -0.4 is 0 Å². The van der Waals surface area contributed by atoms with Crippen LogP contribution in [0.15, 0.2) is 50.9 Å². The van der Waals surface area contributed by atoms with Gasteiger partial charge in [-0.1, -0.05) is 56.9 Å². The van der Waals surface area contributed by atoms with E-state index in [1.807, 2.05) is 40.0 Å². The van der Waals surface area contributed by atoms with Gasteiger partial charge >= 0.3 is 0 Å². The molecule has 0 fully saturated rings. The Morgan fingerprint density at radius 1 is 1.17 bits per heavy atom. The van der Waals surface area contributed by atoms with Crippen LogP contribution in [0.3, 0.4) is 0 Å². The van der Waals surface area contributed by atoms with Gasteiger partial charge in [-0.25, -0.2) is 0 Å². The largest absolute Gasteiger partial charge is 0.299 e. The lowest BCUT2D eigenvalue weighted by Gasteiger charge is -2.26. The summed E-state index contributed by atoms with van der Waals surface area (Å²) in [4.78, 5) is 7.70. The number of allylic oxidation sites excluding steroid dienone is 5. The molecule has 2 nitrogen and oxygen atoms in total. The first-order chi connectivity index (χ1) is 14.3. The standard InChI is InChI=1S/C16H25ClN2S.C8H16.C2H6/c1-13(17)6-7-16(20)15-8-11-19(12-9-15)10-4-5-14(2)18-3;1-4-5-6-7-8(2)3;1-2/h6-8,20H,4-5,9-12H2,1-3H3;2,4-7H2,1,3H3;1-2H3/b13-6+,16-7-,18-14?;;. The molecule has 0 aromatic heterocycles. The topological polar surface area (TPSA) is 15.6 Å². The first-order valence-corrected chi connectivity index (χ1v) is 12.3. The van der Waals surface area contributed by atoms with Gasteiger partial charge in [-0.15, -0.1) is 19.2 Å². The molecule has 30 heavy (non-hydrogen) atoms. The van der Waals surface area contributed by atoms with Gasteiger partial charge in [-0.05, 0) is 77.1 Å². The van der Waals surface area contributed by atoms with E-state index in [2.05, 4.69) is 55.9 Å². The molecule has 0 aromatic carbocycles. The summed E-state index contributed by atoms with van der Waals surface area (Å²) in [6.45, 7) is 19.4. The predicted octanol–water partition coefficient (Wildman–Crippen LogP) is 8.61. The normalized spacial score (nSPS) is 15.5. The van der Waals surface area contributed by atoms with E-state index >= 15 is 0 Å². The Morgan fingerprint density at radius 2 is 1.83 bits per heavy atom. The van der Waals surface area contributed by atoms with E-state index in [0.717, 1.165) is 42.4 Å². The highest BCUT2D eigenvalue weighted by Gasteiger charge is 2.12. The van der Waals surface area contributed by atoms with Crippen LogP contribution in [-0.4, -0.2) is 37.3 Å². The number of thiol groups is 1. The Kier molecular flexibility index (Phi) is 22.5. The monoisotopic (exact) mass is 454 g/mol. The van der Waals surface area contributed by atoms with Gasteiger partial charge in [0, 0.05) is 35.8 Å². The van der Waals surface area contributed by atoms with Gasteiger partial charge in [-0.3, -0.25) is 9.89 Å². The number of rotatable bonds is 10. The molecule has 0 spiro atoms. The van der Waals surface area contributed by atoms with Gasteiger partial charge in [0.25, 0.3) is 0 Å². The highest BCUT2D eigenvalue weighted by molar-refractivity contribution is 7.84. The lowest BCUT2D eigenvalue weighted by atomic mass is 10.1. The Balaban J connectivity index is 0. The minimum atomic E-state index is 0.780. The summed E-state index contributed by atoms with van der Waals surface area (Å²) in [6, 6.07) is 0. The zero-order valence-electron chi connectivity index (χ0n) is 20.7. The van der Waals surface area contributed by atoms with Gasteiger partial charge in [0.05, 0.1) is 0 Å². The molecule has 4 heteroatoms. The second-order valence-corrected chi connectivity index (χ2v) is 8.64. The second-order valence-electron chi connectivity index (χ2n) is 7.56. The molecule has 0 atom stereocenters. The van der Waals surface area contributed by atoms with Crippen molar-refractivity contribution in [2.24, 2.45) is 4.99 Å². The maximum atomic E-state index is 5.82. The summed E-state index contributed by atoms with van der Waals surface area (Å²) >= 11 is 10.4. The fourth-order valence-electron chi connectivity index (χ4n) is 2.79. The summed E-state index contributed by atoms with van der Waals surface area (Å²) in [5.41, 5.74) is 3.88. The first-order valence-electron chi connectivity index (χ1n) is 11.5. The third-order valence-corrected chi connectivity index (χ3v) is 5.26. The second kappa shape index (κ2) is 21.5. The smallest absolute Gasteiger partial charge is 0.0276 e. The third kappa shape index (κ3) is 19.2. The Morgan fingerprint density at radius 3 is 2.30 bits per heavy atom. The van der Waals surface area contributed by atoms with Crippen molar-refractivity contribution in [1.29, 1.82) is 0 Å². The lowest BCUT2D eigenvalue weighted by molar-refractivity contribution is 0.293. The van der Waals surface area contributed by atoms with Crippen molar-refractivity contribution >= 4 is 29.9 Å². The molecule has 1 heterocycles. The molecule has 0 saturated carbocycles. The van der Waals surface area contributed by atoms with Crippen molar-refractivity contribution in [2.75, 3.05) is 26.7 Å². The molecule has 0 unspecified atom stereocenters. The summed E-state index contributed by atoms with van der Waals surface area (Å²) in [6.07, 6.45) is 14.7. The summed E-state index contributed by atoms with van der Waals surface area (Å²) in [5.74, 6) is 0. The Bertz CT molecular complexity index is 570. The average Bonchev–Trinajstić information content (AvgIpc) is 2.74. The molecule has 1 aliphatic rings. The van der Waals surface area contributed by atoms with Crippen LogP contribution in [0.2, 0.25) is 0 Å². The van der Waals surface area contributed by atoms with Crippen LogP contribution >= 0.6 is 24.2 Å². The van der Waals surface area contributed by atoms with Crippen molar-refractivity contribution in [1.82, 2.24) is 4.90 Å². The van der Waals surface area contributed by atoms with Gasteiger partial charge in [0.15, 0.2) is 0 Å². The van der Waals surface area contributed by atoms with Crippen molar-refractivity contribution in [2.45, 2.75) is 86.5 Å². The summed E-state index contributed by atoms with van der Waals surface area (Å²) < 4.78 is 0. The fourth-order valence-corrected chi connectivity index (χ4v) is 3.14. The van der Waals surface area contributed by atoms with Crippen molar-refractivity contribution in [3.63, 3.8) is 0 Å². The van der Waals surface area contributed by atoms with E-state index in [1.54, 1.807) is 0 Å². The molecule has 0 aromatic rings. The van der Waals surface area contributed by atoms with Crippen LogP contribution in [0.5, 0.6) is 0 Å². The highest BCUT2D eigenvalue weighted by atomic mass is 35.5. The van der Waals surface area contributed by atoms with Gasteiger partial charge in [-0.2, -0.15) is 0 Å². The van der Waals surface area contributed by atoms with Gasteiger partial charge in [0.1, 0.15) is 0 Å². The number of hydrogen-bond donors (Lipinski definition) is 1. The van der Waals surface area contributed by atoms with E-state index in [-0.39, 0.29) is 0 Å². The molecule has 0 aliphatic carbocycles.